The molecular weight excluding hydrogens is 423 g/mol. The molecule has 0 unspecified atom stereocenters. The number of carbonyl (C=O) groups is 1. The number of amides is 1. The van der Waals surface area contributed by atoms with E-state index in [9.17, 15) is 14.0 Å². The Labute approximate surface area is 190 Å². The average Bonchev–Trinajstić information content (AvgIpc) is 3.56. The van der Waals surface area contributed by atoms with Gasteiger partial charge in [-0.25, -0.2) is 9.37 Å². The summed E-state index contributed by atoms with van der Waals surface area (Å²) in [5.41, 5.74) is 4.36. The summed E-state index contributed by atoms with van der Waals surface area (Å²) in [5, 5.41) is 2.68. The third-order valence-corrected chi connectivity index (χ3v) is 6.40. The van der Waals surface area contributed by atoms with Crippen LogP contribution < -0.4 is 15.8 Å². The highest BCUT2D eigenvalue weighted by atomic mass is 19.1. The largest absolute Gasteiger partial charge is 0.368 e. The lowest BCUT2D eigenvalue weighted by atomic mass is 10.1. The smallest absolute Gasteiger partial charge is 0.251 e. The number of piperazine rings is 1. The number of aryl methyl sites for hydroxylation is 1. The molecule has 0 spiro atoms. The Balaban J connectivity index is 1.16. The number of hydrogen-bond acceptors (Lipinski definition) is 6. The number of carbonyl (C=O) groups excluding carboxylic acids is 1. The Bertz CT molecular complexity index is 1220. The second-order valence-corrected chi connectivity index (χ2v) is 8.77. The fourth-order valence-corrected chi connectivity index (χ4v) is 4.24. The van der Waals surface area contributed by atoms with Crippen molar-refractivity contribution < 1.29 is 9.18 Å². The summed E-state index contributed by atoms with van der Waals surface area (Å²) < 4.78 is 13.0. The van der Waals surface area contributed by atoms with E-state index in [2.05, 4.69) is 30.1 Å². The molecule has 0 radical (unpaired) electrons. The van der Waals surface area contributed by atoms with Crippen molar-refractivity contribution in [2.24, 2.45) is 5.92 Å². The van der Waals surface area contributed by atoms with Gasteiger partial charge in [-0.2, -0.15) is 0 Å². The number of nitrogens with zero attached hydrogens (tertiary/aromatic N) is 4. The lowest BCUT2D eigenvalue weighted by molar-refractivity contribution is -0.117. The summed E-state index contributed by atoms with van der Waals surface area (Å²) in [6.45, 7) is 6.23. The van der Waals surface area contributed by atoms with Crippen LogP contribution in [-0.2, 0) is 17.8 Å². The van der Waals surface area contributed by atoms with E-state index < -0.39 is 12.1 Å². The van der Waals surface area contributed by atoms with Crippen LogP contribution in [0.1, 0.15) is 24.5 Å². The Morgan fingerprint density at radius 3 is 2.64 bits per heavy atom. The van der Waals surface area contributed by atoms with E-state index in [1.807, 2.05) is 31.3 Å². The summed E-state index contributed by atoms with van der Waals surface area (Å²) in [7, 11) is 0. The monoisotopic (exact) mass is 450 g/mol. The molecule has 8 nitrogen and oxygen atoms in total. The number of aromatic nitrogens is 3. The maximum atomic E-state index is 13.0. The van der Waals surface area contributed by atoms with E-state index in [-0.39, 0.29) is 11.5 Å². The topological polar surface area (TPSA) is 94.2 Å². The van der Waals surface area contributed by atoms with Gasteiger partial charge in [0.25, 0.3) is 5.56 Å². The highest BCUT2D eigenvalue weighted by Gasteiger charge is 2.43. The molecule has 4 heterocycles. The first kappa shape index (κ1) is 21.5. The molecule has 1 aliphatic heterocycles. The molecule has 2 atom stereocenters. The average molecular weight is 451 g/mol. The quantitative estimate of drug-likeness (QED) is 0.599. The molecule has 2 aliphatic rings. The number of nitrogens with one attached hydrogen (secondary N) is 2. The number of halogens is 1. The fourth-order valence-electron chi connectivity index (χ4n) is 4.24. The van der Waals surface area contributed by atoms with Crippen molar-refractivity contribution in [2.45, 2.75) is 32.5 Å². The molecule has 1 saturated carbocycles. The number of fused-ring (bicyclic) bond motifs is 1. The highest BCUT2D eigenvalue weighted by Crippen LogP contribution is 2.34. The maximum Gasteiger partial charge on any atom is 0.251 e. The number of anilines is 2. The summed E-state index contributed by atoms with van der Waals surface area (Å²) in [5.74, 6) is -0.366. The van der Waals surface area contributed by atoms with Gasteiger partial charge < -0.3 is 15.2 Å². The van der Waals surface area contributed by atoms with E-state index in [1.54, 1.807) is 12.3 Å². The Morgan fingerprint density at radius 2 is 1.97 bits per heavy atom. The molecule has 172 valence electrons. The molecule has 33 heavy (non-hydrogen) atoms. The van der Waals surface area contributed by atoms with Crippen molar-refractivity contribution in [1.29, 1.82) is 0 Å². The first-order valence-corrected chi connectivity index (χ1v) is 11.4. The number of aromatic amines is 1. The zero-order valence-corrected chi connectivity index (χ0v) is 18.6. The predicted octanol–water partition coefficient (Wildman–Crippen LogP) is 2.50. The van der Waals surface area contributed by atoms with Gasteiger partial charge in [0.1, 0.15) is 12.0 Å². The lowest BCUT2D eigenvalue weighted by Crippen LogP contribution is -2.46. The highest BCUT2D eigenvalue weighted by molar-refractivity contribution is 5.94. The van der Waals surface area contributed by atoms with Gasteiger partial charge in [0.15, 0.2) is 0 Å². The number of alkyl halides is 1. The van der Waals surface area contributed by atoms with Crippen LogP contribution in [0.2, 0.25) is 0 Å². The fraction of sp³-hybridized carbons (Fsp3) is 0.417. The van der Waals surface area contributed by atoms with Crippen molar-refractivity contribution in [3.63, 3.8) is 0 Å². The van der Waals surface area contributed by atoms with Crippen molar-refractivity contribution in [2.75, 3.05) is 36.4 Å². The van der Waals surface area contributed by atoms with Crippen LogP contribution in [0.5, 0.6) is 0 Å². The van der Waals surface area contributed by atoms with E-state index in [4.69, 9.17) is 0 Å². The van der Waals surface area contributed by atoms with Crippen LogP contribution >= 0.6 is 0 Å². The zero-order chi connectivity index (χ0) is 22.9. The van der Waals surface area contributed by atoms with Gasteiger partial charge in [0, 0.05) is 44.5 Å². The molecule has 2 N–H and O–H groups in total. The third kappa shape index (κ3) is 4.73. The van der Waals surface area contributed by atoms with Gasteiger partial charge in [-0.05, 0) is 42.7 Å². The lowest BCUT2D eigenvalue weighted by Gasteiger charge is -2.36. The number of H-pyrrole nitrogens is 1. The summed E-state index contributed by atoms with van der Waals surface area (Å²) in [6, 6.07) is 7.58. The first-order chi connectivity index (χ1) is 16.0. The van der Waals surface area contributed by atoms with Crippen LogP contribution in [0.25, 0.3) is 11.0 Å². The SMILES string of the molecule is CCc1cc2ncc(CN3CCN(c4ccc(NC(=O)[C@H]5C[C@@H]5F)nc4)CC3)cc2[nH]c1=O. The van der Waals surface area contributed by atoms with Crippen LogP contribution in [0, 0.1) is 5.92 Å². The minimum atomic E-state index is -1.01. The van der Waals surface area contributed by atoms with Crippen LogP contribution in [0.3, 0.4) is 0 Å². The number of rotatable bonds is 6. The van der Waals surface area contributed by atoms with Gasteiger partial charge in [0.2, 0.25) is 5.91 Å². The van der Waals surface area contributed by atoms with Crippen molar-refractivity contribution in [3.8, 4) is 0 Å². The molecule has 1 saturated heterocycles. The van der Waals surface area contributed by atoms with Crippen molar-refractivity contribution >= 4 is 28.4 Å². The molecule has 1 amide bonds. The van der Waals surface area contributed by atoms with Gasteiger partial charge in [-0.3, -0.25) is 19.5 Å². The second-order valence-electron chi connectivity index (χ2n) is 8.77. The molecule has 2 fully saturated rings. The van der Waals surface area contributed by atoms with Gasteiger partial charge in [-0.1, -0.05) is 6.92 Å². The zero-order valence-electron chi connectivity index (χ0n) is 18.6. The molecule has 9 heteroatoms. The van der Waals surface area contributed by atoms with E-state index >= 15 is 0 Å². The Hall–Kier alpha value is -3.33. The summed E-state index contributed by atoms with van der Waals surface area (Å²) >= 11 is 0. The molecule has 1 aliphatic carbocycles. The number of hydrogen-bond donors (Lipinski definition) is 2. The summed E-state index contributed by atoms with van der Waals surface area (Å²) in [4.78, 5) is 40.4. The molecule has 3 aromatic heterocycles. The van der Waals surface area contributed by atoms with Gasteiger partial charge in [0.05, 0.1) is 28.8 Å². The third-order valence-electron chi connectivity index (χ3n) is 6.40. The molecule has 5 rings (SSSR count). The standard InChI is InChI=1S/C24H27FN6O2/c1-2-16-10-20-21(28-23(16)32)9-15(12-26-20)14-30-5-7-31(8-6-30)17-3-4-22(27-13-17)29-24(33)18-11-19(18)25/h3-4,9-10,12-13,18-19H,2,5-8,11,14H2,1H3,(H,28,32)(H,27,29,33)/t18-,19-/m0/s1. The van der Waals surface area contributed by atoms with Gasteiger partial charge in [-0.15, -0.1) is 0 Å². The minimum Gasteiger partial charge on any atom is -0.368 e. The Kier molecular flexibility index (Phi) is 5.80. The number of pyridine rings is 3. The van der Waals surface area contributed by atoms with E-state index in [0.29, 0.717) is 18.7 Å². The maximum absolute atomic E-state index is 13.0. The van der Waals surface area contributed by atoms with Crippen LogP contribution in [0.15, 0.2) is 41.5 Å². The van der Waals surface area contributed by atoms with Crippen LogP contribution in [-0.4, -0.2) is 58.1 Å². The van der Waals surface area contributed by atoms with Gasteiger partial charge >= 0.3 is 0 Å². The molecule has 3 aromatic rings. The second kappa shape index (κ2) is 8.90. The predicted molar refractivity (Wildman–Crippen MR) is 125 cm³/mol. The minimum absolute atomic E-state index is 0.0455. The normalized spacial score (nSPS) is 20.7. The van der Waals surface area contributed by atoms with Crippen molar-refractivity contribution in [3.05, 3.63) is 58.1 Å². The van der Waals surface area contributed by atoms with Crippen LogP contribution in [0.4, 0.5) is 15.9 Å². The molecule has 0 aromatic carbocycles. The Morgan fingerprint density at radius 1 is 1.18 bits per heavy atom. The molecular formula is C24H27FN6O2. The van der Waals surface area contributed by atoms with Crippen molar-refractivity contribution in [1.82, 2.24) is 19.9 Å². The first-order valence-electron chi connectivity index (χ1n) is 11.4. The van der Waals surface area contributed by atoms with E-state index in [0.717, 1.165) is 60.6 Å². The van der Waals surface area contributed by atoms with E-state index in [1.165, 1.54) is 0 Å². The molecule has 0 bridgehead atoms. The summed E-state index contributed by atoms with van der Waals surface area (Å²) in [6.07, 6.45) is 3.62.